The largest absolute Gasteiger partial charge is 0.379 e. The maximum atomic E-state index is 5.43. The standard InChI is InChI=1S/C21H37N7O.HI/c1-2-20-26-25-18-28(20)13-11-24-21(22-9-8-19-6-4-3-5-7-19)23-10-12-27-14-16-29-17-15-27;/h6,18H,2-5,7-17H2,1H3,(H2,22,23,24);1H. The highest BCUT2D eigenvalue weighted by molar-refractivity contribution is 14.0. The molecule has 0 bridgehead atoms. The van der Waals surface area contributed by atoms with Crippen LogP contribution in [-0.4, -0.2) is 78.1 Å². The summed E-state index contributed by atoms with van der Waals surface area (Å²) in [5, 5.41) is 15.2. The van der Waals surface area contributed by atoms with Gasteiger partial charge in [-0.3, -0.25) is 9.89 Å². The van der Waals surface area contributed by atoms with Crippen molar-refractivity contribution >= 4 is 29.9 Å². The number of aryl methyl sites for hydroxylation is 1. The maximum absolute atomic E-state index is 5.43. The smallest absolute Gasteiger partial charge is 0.191 e. The van der Waals surface area contributed by atoms with E-state index in [1.54, 1.807) is 11.9 Å². The van der Waals surface area contributed by atoms with Crippen LogP contribution in [0.15, 0.2) is 23.0 Å². The molecule has 0 saturated carbocycles. The SMILES string of the molecule is CCc1nncn1CCNC(=NCCN1CCOCC1)NCCC1=CCCCC1.I. The van der Waals surface area contributed by atoms with Crippen LogP contribution in [0.1, 0.15) is 44.9 Å². The third kappa shape index (κ3) is 8.89. The predicted octanol–water partition coefficient (Wildman–Crippen LogP) is 2.22. The lowest BCUT2D eigenvalue weighted by Gasteiger charge is -2.25. The van der Waals surface area contributed by atoms with Gasteiger partial charge in [0.2, 0.25) is 0 Å². The Balaban J connectivity index is 0.00000320. The summed E-state index contributed by atoms with van der Waals surface area (Å²) in [7, 11) is 0. The number of nitrogens with one attached hydrogen (secondary N) is 2. The first-order valence-electron chi connectivity index (χ1n) is 11.2. The van der Waals surface area contributed by atoms with Crippen molar-refractivity contribution in [1.29, 1.82) is 0 Å². The Morgan fingerprint density at radius 2 is 2.00 bits per heavy atom. The van der Waals surface area contributed by atoms with Gasteiger partial charge >= 0.3 is 0 Å². The van der Waals surface area contributed by atoms with Gasteiger partial charge in [0.25, 0.3) is 0 Å². The lowest BCUT2D eigenvalue weighted by atomic mass is 9.97. The minimum atomic E-state index is 0. The first-order chi connectivity index (χ1) is 14.3. The Hall–Kier alpha value is -1.20. The fraction of sp³-hybridized carbons (Fsp3) is 0.762. The van der Waals surface area contributed by atoms with Crippen molar-refractivity contribution in [3.8, 4) is 0 Å². The van der Waals surface area contributed by atoms with Crippen molar-refractivity contribution in [1.82, 2.24) is 30.3 Å². The van der Waals surface area contributed by atoms with Crippen LogP contribution in [0.2, 0.25) is 0 Å². The molecule has 3 rings (SSSR count). The zero-order valence-corrected chi connectivity index (χ0v) is 20.6. The zero-order valence-electron chi connectivity index (χ0n) is 18.3. The van der Waals surface area contributed by atoms with Gasteiger partial charge in [-0.25, -0.2) is 0 Å². The van der Waals surface area contributed by atoms with E-state index in [2.05, 4.69) is 43.3 Å². The van der Waals surface area contributed by atoms with E-state index in [9.17, 15) is 0 Å². The van der Waals surface area contributed by atoms with Gasteiger partial charge in [0.15, 0.2) is 5.96 Å². The monoisotopic (exact) mass is 531 g/mol. The molecule has 0 atom stereocenters. The van der Waals surface area contributed by atoms with Crippen molar-refractivity contribution in [3.63, 3.8) is 0 Å². The first kappa shape index (κ1) is 25.1. The molecule has 2 heterocycles. The molecule has 2 aliphatic rings. The summed E-state index contributed by atoms with van der Waals surface area (Å²) in [6.45, 7) is 10.1. The van der Waals surface area contributed by atoms with E-state index in [1.165, 1.54) is 25.7 Å². The van der Waals surface area contributed by atoms with Crippen molar-refractivity contribution in [2.24, 2.45) is 4.99 Å². The molecule has 0 unspecified atom stereocenters. The number of nitrogens with zero attached hydrogens (tertiary/aromatic N) is 5. The number of hydrogen-bond acceptors (Lipinski definition) is 5. The van der Waals surface area contributed by atoms with E-state index in [1.807, 2.05) is 0 Å². The molecule has 0 radical (unpaired) electrons. The van der Waals surface area contributed by atoms with Crippen molar-refractivity contribution in [2.75, 3.05) is 52.5 Å². The van der Waals surface area contributed by atoms with Crippen LogP contribution >= 0.6 is 24.0 Å². The molecule has 0 aromatic carbocycles. The van der Waals surface area contributed by atoms with E-state index in [-0.39, 0.29) is 24.0 Å². The van der Waals surface area contributed by atoms with Gasteiger partial charge in [-0.1, -0.05) is 18.6 Å². The molecule has 30 heavy (non-hydrogen) atoms. The maximum Gasteiger partial charge on any atom is 0.191 e. The number of halogens is 1. The summed E-state index contributed by atoms with van der Waals surface area (Å²) in [6, 6.07) is 0. The van der Waals surface area contributed by atoms with E-state index >= 15 is 0 Å². The minimum Gasteiger partial charge on any atom is -0.379 e. The summed E-state index contributed by atoms with van der Waals surface area (Å²) in [4.78, 5) is 7.23. The fourth-order valence-electron chi connectivity index (χ4n) is 3.81. The average molecular weight is 531 g/mol. The molecule has 9 heteroatoms. The Kier molecular flexibility index (Phi) is 12.3. The molecule has 1 aliphatic carbocycles. The molecule has 0 spiro atoms. The van der Waals surface area contributed by atoms with E-state index in [0.29, 0.717) is 0 Å². The second-order valence-electron chi connectivity index (χ2n) is 7.69. The highest BCUT2D eigenvalue weighted by Gasteiger charge is 2.10. The van der Waals surface area contributed by atoms with Gasteiger partial charge in [-0.2, -0.15) is 0 Å². The van der Waals surface area contributed by atoms with E-state index in [0.717, 1.165) is 83.7 Å². The van der Waals surface area contributed by atoms with Crippen molar-refractivity contribution in [2.45, 2.75) is 52.0 Å². The lowest BCUT2D eigenvalue weighted by Crippen LogP contribution is -2.41. The highest BCUT2D eigenvalue weighted by atomic mass is 127. The van der Waals surface area contributed by atoms with Gasteiger partial charge in [-0.15, -0.1) is 34.2 Å². The summed E-state index contributed by atoms with van der Waals surface area (Å²) >= 11 is 0. The van der Waals surface area contributed by atoms with Crippen LogP contribution in [0.25, 0.3) is 0 Å². The second kappa shape index (κ2) is 14.7. The number of aliphatic imine (C=N–C) groups is 1. The molecule has 1 fully saturated rings. The minimum absolute atomic E-state index is 0. The molecule has 1 aromatic rings. The molecular weight excluding hydrogens is 493 g/mol. The van der Waals surface area contributed by atoms with Crippen LogP contribution in [0, 0.1) is 0 Å². The Bertz CT molecular complexity index is 656. The third-order valence-electron chi connectivity index (χ3n) is 5.57. The summed E-state index contributed by atoms with van der Waals surface area (Å²) < 4.78 is 7.53. The van der Waals surface area contributed by atoms with E-state index in [4.69, 9.17) is 9.73 Å². The quantitative estimate of drug-likeness (QED) is 0.209. The summed E-state index contributed by atoms with van der Waals surface area (Å²) in [6.07, 6.45) is 11.4. The van der Waals surface area contributed by atoms with Gasteiger partial charge in [0.05, 0.1) is 19.8 Å². The molecule has 0 amide bonds. The van der Waals surface area contributed by atoms with Gasteiger partial charge in [-0.05, 0) is 32.1 Å². The summed E-state index contributed by atoms with van der Waals surface area (Å²) in [5.74, 6) is 1.93. The predicted molar refractivity (Wildman–Crippen MR) is 132 cm³/mol. The average Bonchev–Trinajstić information content (AvgIpc) is 3.22. The van der Waals surface area contributed by atoms with Crippen LogP contribution in [0.3, 0.4) is 0 Å². The van der Waals surface area contributed by atoms with Gasteiger partial charge in [0, 0.05) is 45.7 Å². The molecule has 2 N–H and O–H groups in total. The Morgan fingerprint density at radius 3 is 2.77 bits per heavy atom. The molecule has 170 valence electrons. The normalized spacial score (nSPS) is 17.9. The number of rotatable bonds is 10. The highest BCUT2D eigenvalue weighted by Crippen LogP contribution is 2.19. The number of aromatic nitrogens is 3. The number of ether oxygens (including phenoxy) is 1. The second-order valence-corrected chi connectivity index (χ2v) is 7.69. The van der Waals surface area contributed by atoms with Crippen LogP contribution in [-0.2, 0) is 17.7 Å². The number of hydrogen-bond donors (Lipinski definition) is 2. The number of allylic oxidation sites excluding steroid dienone is 1. The van der Waals surface area contributed by atoms with Gasteiger partial charge < -0.3 is 19.9 Å². The van der Waals surface area contributed by atoms with Gasteiger partial charge in [0.1, 0.15) is 12.2 Å². The van der Waals surface area contributed by atoms with Crippen LogP contribution < -0.4 is 10.6 Å². The first-order valence-corrected chi connectivity index (χ1v) is 11.2. The molecule has 8 nitrogen and oxygen atoms in total. The summed E-state index contributed by atoms with van der Waals surface area (Å²) in [5.41, 5.74) is 1.59. The lowest BCUT2D eigenvalue weighted by molar-refractivity contribution is 0.0394. The third-order valence-corrected chi connectivity index (χ3v) is 5.57. The Morgan fingerprint density at radius 1 is 1.17 bits per heavy atom. The van der Waals surface area contributed by atoms with Crippen molar-refractivity contribution < 1.29 is 4.74 Å². The van der Waals surface area contributed by atoms with Crippen LogP contribution in [0.4, 0.5) is 0 Å². The zero-order chi connectivity index (χ0) is 20.2. The van der Waals surface area contributed by atoms with Crippen molar-refractivity contribution in [3.05, 3.63) is 23.8 Å². The van der Waals surface area contributed by atoms with Crippen LogP contribution in [0.5, 0.6) is 0 Å². The molecule has 1 saturated heterocycles. The Labute approximate surface area is 198 Å². The number of guanidine groups is 1. The van der Waals surface area contributed by atoms with E-state index < -0.39 is 0 Å². The topological polar surface area (TPSA) is 79.6 Å². The number of morpholine rings is 1. The molecule has 1 aliphatic heterocycles. The fourth-order valence-corrected chi connectivity index (χ4v) is 3.81. The molecule has 1 aromatic heterocycles. The molecular formula is C21H38IN7O.